The van der Waals surface area contributed by atoms with E-state index in [1.54, 1.807) is 13.8 Å². The minimum Gasteiger partial charge on any atom is -0.463 e. The van der Waals surface area contributed by atoms with E-state index in [1.807, 2.05) is 30.3 Å². The predicted molar refractivity (Wildman–Crippen MR) is 90.8 cm³/mol. The van der Waals surface area contributed by atoms with Crippen LogP contribution in [0.5, 0.6) is 0 Å². The van der Waals surface area contributed by atoms with Crippen LogP contribution >= 0.6 is 11.6 Å². The maximum atomic E-state index is 12.5. The van der Waals surface area contributed by atoms with Crippen molar-refractivity contribution in [1.29, 1.82) is 0 Å². The third-order valence-electron chi connectivity index (χ3n) is 3.94. The van der Waals surface area contributed by atoms with Crippen molar-refractivity contribution in [3.8, 4) is 0 Å². The Morgan fingerprint density at radius 1 is 1.26 bits per heavy atom. The molecule has 1 heterocycles. The van der Waals surface area contributed by atoms with E-state index in [4.69, 9.17) is 16.3 Å². The maximum absolute atomic E-state index is 12.5. The number of halogens is 1. The fourth-order valence-electron chi connectivity index (χ4n) is 3.03. The van der Waals surface area contributed by atoms with Crippen LogP contribution in [0.4, 0.5) is 0 Å². The molecule has 0 radical (unpaired) electrons. The normalized spacial score (nSPS) is 21.0. The fraction of sp³-hybridized carbons (Fsp3) is 0.389. The number of hydrogen-bond acceptors (Lipinski definition) is 4. The van der Waals surface area contributed by atoms with Crippen molar-refractivity contribution in [3.05, 3.63) is 47.2 Å². The van der Waals surface area contributed by atoms with Crippen molar-refractivity contribution in [2.45, 2.75) is 26.7 Å². The van der Waals surface area contributed by atoms with Gasteiger partial charge in [-0.2, -0.15) is 0 Å². The molecule has 4 nitrogen and oxygen atoms in total. The van der Waals surface area contributed by atoms with Crippen molar-refractivity contribution in [2.24, 2.45) is 10.9 Å². The molecule has 0 amide bonds. The second-order valence-corrected chi connectivity index (χ2v) is 5.71. The largest absolute Gasteiger partial charge is 0.463 e. The molecule has 2 unspecified atom stereocenters. The highest BCUT2D eigenvalue weighted by atomic mass is 35.5. The summed E-state index contributed by atoms with van der Waals surface area (Å²) in [6, 6.07) is 9.48. The van der Waals surface area contributed by atoms with Crippen molar-refractivity contribution >= 4 is 29.1 Å². The zero-order valence-corrected chi connectivity index (χ0v) is 14.3. The van der Waals surface area contributed by atoms with Gasteiger partial charge in [0.15, 0.2) is 0 Å². The first-order valence-corrected chi connectivity index (χ1v) is 8.11. The monoisotopic (exact) mass is 333 g/mol. The van der Waals surface area contributed by atoms with Crippen LogP contribution in [0.15, 0.2) is 46.6 Å². The van der Waals surface area contributed by atoms with Crippen LogP contribution < -0.4 is 0 Å². The molecule has 1 aliphatic heterocycles. The number of carbonyl (C=O) groups is 2. The van der Waals surface area contributed by atoms with Crippen molar-refractivity contribution in [1.82, 2.24) is 0 Å². The molecule has 0 N–H and O–H groups in total. The molecular formula is C18H20ClNO3. The Hall–Kier alpha value is -1.94. The smallest absolute Gasteiger partial charge is 0.336 e. The van der Waals surface area contributed by atoms with Gasteiger partial charge >= 0.3 is 5.97 Å². The lowest BCUT2D eigenvalue weighted by Crippen LogP contribution is -2.35. The molecular weight excluding hydrogens is 314 g/mol. The van der Waals surface area contributed by atoms with E-state index < -0.39 is 17.8 Å². The SMILES string of the molecule is CCOC(=O)C1=C(CCl)N=C(C)C(C(C)=O)C1c1ccccc1. The maximum Gasteiger partial charge on any atom is 0.336 e. The Morgan fingerprint density at radius 3 is 2.43 bits per heavy atom. The van der Waals surface area contributed by atoms with Gasteiger partial charge in [-0.25, -0.2) is 4.79 Å². The van der Waals surface area contributed by atoms with Crippen molar-refractivity contribution in [2.75, 3.05) is 12.5 Å². The summed E-state index contributed by atoms with van der Waals surface area (Å²) < 4.78 is 5.19. The molecule has 2 rings (SSSR count). The quantitative estimate of drug-likeness (QED) is 0.612. The Kier molecular flexibility index (Phi) is 5.72. The fourth-order valence-corrected chi connectivity index (χ4v) is 3.24. The summed E-state index contributed by atoms with van der Waals surface area (Å²) >= 11 is 6.01. The predicted octanol–water partition coefficient (Wildman–Crippen LogP) is 3.51. The van der Waals surface area contributed by atoms with Gasteiger partial charge in [0.2, 0.25) is 0 Å². The Morgan fingerprint density at radius 2 is 1.91 bits per heavy atom. The van der Waals surface area contributed by atoms with Gasteiger partial charge in [0.1, 0.15) is 5.78 Å². The number of alkyl halides is 1. The summed E-state index contributed by atoms with van der Waals surface area (Å²) in [5.74, 6) is -1.29. The minimum atomic E-state index is -0.483. The van der Waals surface area contributed by atoms with Crippen LogP contribution in [0.3, 0.4) is 0 Å². The van der Waals surface area contributed by atoms with Gasteiger partial charge < -0.3 is 4.74 Å². The van der Waals surface area contributed by atoms with Gasteiger partial charge in [0.05, 0.1) is 29.7 Å². The van der Waals surface area contributed by atoms with Gasteiger partial charge in [-0.15, -0.1) is 11.6 Å². The lowest BCUT2D eigenvalue weighted by Gasteiger charge is -2.31. The third-order valence-corrected chi connectivity index (χ3v) is 4.19. The molecule has 0 aliphatic carbocycles. The number of allylic oxidation sites excluding steroid dienone is 1. The highest BCUT2D eigenvalue weighted by molar-refractivity contribution is 6.20. The Balaban J connectivity index is 2.66. The molecule has 1 aromatic carbocycles. The van der Waals surface area contributed by atoms with Crippen molar-refractivity contribution in [3.63, 3.8) is 0 Å². The number of ketones is 1. The van der Waals surface area contributed by atoms with Gasteiger partial charge in [-0.3, -0.25) is 9.79 Å². The van der Waals surface area contributed by atoms with E-state index >= 15 is 0 Å². The molecule has 23 heavy (non-hydrogen) atoms. The van der Waals surface area contributed by atoms with Crippen LogP contribution in [-0.2, 0) is 14.3 Å². The van der Waals surface area contributed by atoms with Crippen LogP contribution in [0.25, 0.3) is 0 Å². The molecule has 122 valence electrons. The topological polar surface area (TPSA) is 55.7 Å². The number of hydrogen-bond donors (Lipinski definition) is 0. The summed E-state index contributed by atoms with van der Waals surface area (Å²) in [6.45, 7) is 5.33. The van der Waals surface area contributed by atoms with E-state index in [0.29, 0.717) is 17.0 Å². The zero-order chi connectivity index (χ0) is 17.0. The van der Waals surface area contributed by atoms with Gasteiger partial charge in [0.25, 0.3) is 0 Å². The van der Waals surface area contributed by atoms with Gasteiger partial charge in [0, 0.05) is 11.6 Å². The Bertz CT molecular complexity index is 664. The van der Waals surface area contributed by atoms with Crippen LogP contribution in [0, 0.1) is 5.92 Å². The molecule has 0 fully saturated rings. The van der Waals surface area contributed by atoms with E-state index in [-0.39, 0.29) is 18.3 Å². The number of ether oxygens (including phenoxy) is 1. The summed E-state index contributed by atoms with van der Waals surface area (Å²) in [6.07, 6.45) is 0. The highest BCUT2D eigenvalue weighted by Crippen LogP contribution is 2.40. The number of rotatable bonds is 5. The van der Waals surface area contributed by atoms with E-state index in [2.05, 4.69) is 4.99 Å². The molecule has 1 aliphatic rings. The molecule has 5 heteroatoms. The standard InChI is InChI=1S/C18H20ClNO3/c1-4-23-18(22)17-14(10-19)20-11(2)15(12(3)21)16(17)13-8-6-5-7-9-13/h5-9,15-16H,4,10H2,1-3H3. The van der Waals surface area contributed by atoms with Crippen LogP contribution in [0.2, 0.25) is 0 Å². The molecule has 0 saturated heterocycles. The van der Waals surface area contributed by atoms with E-state index in [9.17, 15) is 9.59 Å². The lowest BCUT2D eigenvalue weighted by atomic mass is 9.74. The van der Waals surface area contributed by atoms with Gasteiger partial charge in [-0.05, 0) is 26.3 Å². The summed E-state index contributed by atoms with van der Waals surface area (Å²) in [5, 5.41) is 0. The zero-order valence-electron chi connectivity index (χ0n) is 13.5. The second-order valence-electron chi connectivity index (χ2n) is 5.44. The second kappa shape index (κ2) is 7.55. The first kappa shape index (κ1) is 17.4. The van der Waals surface area contributed by atoms with Crippen molar-refractivity contribution < 1.29 is 14.3 Å². The number of esters is 1. The van der Waals surface area contributed by atoms with Gasteiger partial charge in [-0.1, -0.05) is 30.3 Å². The average Bonchev–Trinajstić information content (AvgIpc) is 2.54. The van der Waals surface area contributed by atoms with E-state index in [0.717, 1.165) is 5.56 Å². The van der Waals surface area contributed by atoms with E-state index in [1.165, 1.54) is 6.92 Å². The third kappa shape index (κ3) is 3.53. The average molecular weight is 334 g/mol. The Labute approximate surface area is 141 Å². The highest BCUT2D eigenvalue weighted by Gasteiger charge is 2.40. The molecule has 2 atom stereocenters. The van der Waals surface area contributed by atoms with Crippen LogP contribution in [0.1, 0.15) is 32.3 Å². The van der Waals surface area contributed by atoms with Crippen LogP contribution in [-0.4, -0.2) is 30.0 Å². The number of Topliss-reactive ketones (excluding diaryl/α,β-unsaturated/α-hetero) is 1. The molecule has 0 saturated carbocycles. The molecule has 0 spiro atoms. The minimum absolute atomic E-state index is 0.0319. The summed E-state index contributed by atoms with van der Waals surface area (Å²) in [5.41, 5.74) is 2.43. The summed E-state index contributed by atoms with van der Waals surface area (Å²) in [4.78, 5) is 29.1. The molecule has 0 bridgehead atoms. The number of carbonyl (C=O) groups excluding carboxylic acids is 2. The molecule has 1 aromatic rings. The number of nitrogens with zero attached hydrogens (tertiary/aromatic N) is 1. The molecule has 0 aromatic heterocycles. The lowest BCUT2D eigenvalue weighted by molar-refractivity contribution is -0.139. The first-order chi connectivity index (χ1) is 11.0. The number of benzene rings is 1. The summed E-state index contributed by atoms with van der Waals surface area (Å²) in [7, 11) is 0. The first-order valence-electron chi connectivity index (χ1n) is 7.57. The number of aliphatic imine (C=N–C) groups is 1.